The molecule has 0 radical (unpaired) electrons. The topological polar surface area (TPSA) is 124 Å². The highest BCUT2D eigenvalue weighted by atomic mass is 32.2. The maximum absolute atomic E-state index is 8.76. The molecule has 0 amide bonds. The lowest BCUT2D eigenvalue weighted by atomic mass is 10.1. The van der Waals surface area contributed by atoms with Crippen LogP contribution in [-0.4, -0.2) is 27.8 Å². The van der Waals surface area contributed by atoms with E-state index in [0.717, 1.165) is 11.3 Å². The van der Waals surface area contributed by atoms with Crippen LogP contribution in [0.2, 0.25) is 0 Å². The van der Waals surface area contributed by atoms with Gasteiger partial charge in [0.05, 0.1) is 11.4 Å². The zero-order valence-corrected chi connectivity index (χ0v) is 12.6. The Kier molecular flexibility index (Phi) is 5.06. The number of amidine groups is 1. The molecule has 22 heavy (non-hydrogen) atoms. The van der Waals surface area contributed by atoms with Crippen LogP contribution in [0.5, 0.6) is 0 Å². The summed E-state index contributed by atoms with van der Waals surface area (Å²) < 4.78 is 0. The van der Waals surface area contributed by atoms with Crippen molar-refractivity contribution in [1.29, 1.82) is 10.7 Å². The summed E-state index contributed by atoms with van der Waals surface area (Å²) in [7, 11) is 0. The Morgan fingerprint density at radius 3 is 2.68 bits per heavy atom. The molecular weight excluding hydrogens is 298 g/mol. The van der Waals surface area contributed by atoms with Crippen LogP contribution in [0.4, 0.5) is 5.69 Å². The molecule has 2 aromatic rings. The van der Waals surface area contributed by atoms with Gasteiger partial charge in [-0.2, -0.15) is 10.4 Å². The number of anilines is 1. The third-order valence-electron chi connectivity index (χ3n) is 2.65. The van der Waals surface area contributed by atoms with E-state index >= 15 is 0 Å². The number of aromatic nitrogens is 2. The molecule has 0 unspecified atom stereocenters. The van der Waals surface area contributed by atoms with Gasteiger partial charge in [0.2, 0.25) is 5.71 Å². The van der Waals surface area contributed by atoms with E-state index in [1.807, 2.05) is 24.5 Å². The van der Waals surface area contributed by atoms with Gasteiger partial charge in [-0.05, 0) is 24.5 Å². The Hall–Kier alpha value is -2.92. The highest BCUT2D eigenvalue weighted by Crippen LogP contribution is 2.21. The number of nitrogens with zero attached hydrogens (tertiary/aromatic N) is 4. The third-order valence-corrected chi connectivity index (χ3v) is 3.22. The highest BCUT2D eigenvalue weighted by molar-refractivity contribution is 7.98. The Bertz CT molecular complexity index is 747. The molecule has 7 nitrogen and oxygen atoms in total. The van der Waals surface area contributed by atoms with Crippen molar-refractivity contribution >= 4 is 29.0 Å². The largest absolute Gasteiger partial charge is 0.382 e. The summed E-state index contributed by atoms with van der Waals surface area (Å²) in [5, 5.41) is 20.4. The first kappa shape index (κ1) is 15.5. The van der Waals surface area contributed by atoms with Crippen LogP contribution in [0.1, 0.15) is 0 Å². The first-order valence-electron chi connectivity index (χ1n) is 6.19. The smallest absolute Gasteiger partial charge is 0.201 e. The minimum atomic E-state index is -0.378. The molecule has 0 aliphatic heterocycles. The quantitative estimate of drug-likeness (QED) is 0.255. The second-order valence-corrected chi connectivity index (χ2v) is 4.88. The number of nitrogens with two attached hydrogens (primary N) is 1. The highest BCUT2D eigenvalue weighted by Gasteiger charge is 2.03. The van der Waals surface area contributed by atoms with Gasteiger partial charge in [-0.1, -0.05) is 23.9 Å². The molecule has 1 aromatic heterocycles. The fraction of sp³-hybridized carbons (Fsp3) is 0.0714. The van der Waals surface area contributed by atoms with Gasteiger partial charge in [0.25, 0.3) is 0 Å². The van der Waals surface area contributed by atoms with Crippen LogP contribution in [0.25, 0.3) is 11.3 Å². The lowest BCUT2D eigenvalue weighted by Crippen LogP contribution is -2.21. The van der Waals surface area contributed by atoms with Gasteiger partial charge in [-0.15, -0.1) is 0 Å². The number of thioether (sulfide) groups is 1. The first-order chi connectivity index (χ1) is 10.6. The van der Waals surface area contributed by atoms with Crippen molar-refractivity contribution in [2.75, 3.05) is 11.7 Å². The molecule has 1 heterocycles. The SMILES string of the molecule is CSc1nccc(-c2ccc(N/N=C(\C#N)C(=N)N)cc2)n1. The van der Waals surface area contributed by atoms with Crippen LogP contribution in [0, 0.1) is 16.7 Å². The molecule has 8 heteroatoms. The molecule has 0 aliphatic rings. The number of hydrogen-bond acceptors (Lipinski definition) is 7. The number of hydrazone groups is 1. The lowest BCUT2D eigenvalue weighted by molar-refractivity contribution is 0.976. The van der Waals surface area contributed by atoms with Gasteiger partial charge in [-0.25, -0.2) is 9.97 Å². The molecule has 0 saturated heterocycles. The molecule has 110 valence electrons. The Morgan fingerprint density at radius 2 is 2.09 bits per heavy atom. The molecular formula is C14H13N7S. The molecule has 0 spiro atoms. The zero-order valence-electron chi connectivity index (χ0n) is 11.7. The lowest BCUT2D eigenvalue weighted by Gasteiger charge is -2.04. The van der Waals surface area contributed by atoms with Gasteiger partial charge in [-0.3, -0.25) is 10.8 Å². The summed E-state index contributed by atoms with van der Waals surface area (Å²) in [6, 6.07) is 10.9. The Labute approximate surface area is 131 Å². The summed E-state index contributed by atoms with van der Waals surface area (Å²) in [5.41, 5.74) is 10.2. The van der Waals surface area contributed by atoms with E-state index in [1.165, 1.54) is 11.8 Å². The van der Waals surface area contributed by atoms with Gasteiger partial charge in [0, 0.05) is 11.8 Å². The fourth-order valence-corrected chi connectivity index (χ4v) is 1.94. The van der Waals surface area contributed by atoms with E-state index in [0.29, 0.717) is 10.8 Å². The normalized spacial score (nSPS) is 10.8. The monoisotopic (exact) mass is 311 g/mol. The maximum Gasteiger partial charge on any atom is 0.201 e. The van der Waals surface area contributed by atoms with Crippen molar-refractivity contribution in [3.63, 3.8) is 0 Å². The molecule has 0 atom stereocenters. The summed E-state index contributed by atoms with van der Waals surface area (Å²) in [6.07, 6.45) is 3.64. The summed E-state index contributed by atoms with van der Waals surface area (Å²) in [6.45, 7) is 0. The van der Waals surface area contributed by atoms with Crippen LogP contribution in [-0.2, 0) is 0 Å². The minimum Gasteiger partial charge on any atom is -0.382 e. The van der Waals surface area contributed by atoms with Crippen LogP contribution >= 0.6 is 11.8 Å². The van der Waals surface area contributed by atoms with Crippen LogP contribution in [0.3, 0.4) is 0 Å². The third kappa shape index (κ3) is 3.80. The number of nitriles is 1. The second-order valence-electron chi connectivity index (χ2n) is 4.10. The van der Waals surface area contributed by atoms with Crippen molar-refractivity contribution in [3.05, 3.63) is 36.5 Å². The van der Waals surface area contributed by atoms with Crippen molar-refractivity contribution in [3.8, 4) is 17.3 Å². The maximum atomic E-state index is 8.76. The summed E-state index contributed by atoms with van der Waals surface area (Å²) in [5.74, 6) is -0.378. The van der Waals surface area contributed by atoms with Crippen LogP contribution < -0.4 is 11.2 Å². The summed E-state index contributed by atoms with van der Waals surface area (Å²) >= 11 is 1.48. The minimum absolute atomic E-state index is 0.163. The molecule has 0 fully saturated rings. The standard InChI is InChI=1S/C14H13N7S/c1-22-14-18-7-6-11(19-14)9-2-4-10(5-3-9)20-21-12(8-15)13(16)17/h2-7,20H,1H3,(H3,16,17)/b21-12+. The van der Waals surface area contributed by atoms with Gasteiger partial charge in [0.1, 0.15) is 6.07 Å². The Balaban J connectivity index is 2.17. The second kappa shape index (κ2) is 7.19. The predicted octanol–water partition coefficient (Wildman–Crippen LogP) is 2.09. The predicted molar refractivity (Wildman–Crippen MR) is 87.8 cm³/mol. The summed E-state index contributed by atoms with van der Waals surface area (Å²) in [4.78, 5) is 8.55. The van der Waals surface area contributed by atoms with E-state index < -0.39 is 0 Å². The average molecular weight is 311 g/mol. The van der Waals surface area contributed by atoms with Gasteiger partial charge in [0.15, 0.2) is 11.0 Å². The van der Waals surface area contributed by atoms with E-state index in [2.05, 4.69) is 20.5 Å². The zero-order chi connectivity index (χ0) is 15.9. The number of hydrogen-bond donors (Lipinski definition) is 3. The molecule has 4 N–H and O–H groups in total. The fourth-order valence-electron chi connectivity index (χ4n) is 1.58. The van der Waals surface area contributed by atoms with E-state index in [1.54, 1.807) is 24.4 Å². The molecule has 0 bridgehead atoms. The molecule has 0 aliphatic carbocycles. The average Bonchev–Trinajstić information content (AvgIpc) is 2.56. The van der Waals surface area contributed by atoms with Crippen molar-refractivity contribution in [2.45, 2.75) is 5.16 Å². The molecule has 2 rings (SSSR count). The number of benzene rings is 1. The van der Waals surface area contributed by atoms with E-state index in [4.69, 9.17) is 16.4 Å². The van der Waals surface area contributed by atoms with Crippen molar-refractivity contribution < 1.29 is 0 Å². The van der Waals surface area contributed by atoms with Crippen molar-refractivity contribution in [2.24, 2.45) is 10.8 Å². The van der Waals surface area contributed by atoms with Gasteiger partial charge < -0.3 is 5.73 Å². The molecule has 1 aromatic carbocycles. The molecule has 0 saturated carbocycles. The van der Waals surface area contributed by atoms with Crippen LogP contribution in [0.15, 0.2) is 46.8 Å². The number of rotatable bonds is 5. The Morgan fingerprint density at radius 1 is 1.36 bits per heavy atom. The van der Waals surface area contributed by atoms with E-state index in [-0.39, 0.29) is 11.5 Å². The first-order valence-corrected chi connectivity index (χ1v) is 7.42. The van der Waals surface area contributed by atoms with Crippen molar-refractivity contribution in [1.82, 2.24) is 9.97 Å². The van der Waals surface area contributed by atoms with E-state index in [9.17, 15) is 0 Å². The number of nitrogens with one attached hydrogen (secondary N) is 2. The van der Waals surface area contributed by atoms with Gasteiger partial charge >= 0.3 is 0 Å².